The standard InChI is InChI=1S/C23H34O5/c1-20-7-5-16(24)11-14(20)3-4-18-17(20)6-8-21(2)22(26,9-10-23(18,21)27)15-12-19(25)28-13-15/h12,14,16-18,24,26-27H,3-11,13H2,1-2H3. The van der Waals surface area contributed by atoms with Crippen LogP contribution < -0.4 is 0 Å². The van der Waals surface area contributed by atoms with E-state index in [2.05, 4.69) is 6.92 Å². The molecule has 1 heterocycles. The van der Waals surface area contributed by atoms with Crippen molar-refractivity contribution in [3.63, 3.8) is 0 Å². The first-order chi connectivity index (χ1) is 13.1. The Bertz CT molecular complexity index is 733. The van der Waals surface area contributed by atoms with E-state index in [4.69, 9.17) is 4.74 Å². The summed E-state index contributed by atoms with van der Waals surface area (Å²) in [5.74, 6) is 0.768. The Kier molecular flexibility index (Phi) is 3.97. The summed E-state index contributed by atoms with van der Waals surface area (Å²) in [5, 5.41) is 34.1. The lowest BCUT2D eigenvalue weighted by atomic mass is 9.42. The number of aliphatic hydroxyl groups is 3. The summed E-state index contributed by atoms with van der Waals surface area (Å²) in [4.78, 5) is 11.7. The molecule has 28 heavy (non-hydrogen) atoms. The zero-order valence-electron chi connectivity index (χ0n) is 17.1. The van der Waals surface area contributed by atoms with Crippen LogP contribution in [0.5, 0.6) is 0 Å². The highest BCUT2D eigenvalue weighted by molar-refractivity contribution is 5.85. The van der Waals surface area contributed by atoms with Crippen LogP contribution in [0.1, 0.15) is 71.6 Å². The fourth-order valence-corrected chi connectivity index (χ4v) is 8.35. The molecule has 0 aromatic rings. The SMILES string of the molecule is CC12CCC(O)CC1CCC1C2CCC2(C)C(O)(C3=CC(=O)OC3)CCC12O. The predicted octanol–water partition coefficient (Wildman–Crippen LogP) is 2.72. The van der Waals surface area contributed by atoms with Gasteiger partial charge in [-0.2, -0.15) is 0 Å². The van der Waals surface area contributed by atoms with Crippen molar-refractivity contribution in [3.8, 4) is 0 Å². The molecule has 5 aliphatic rings. The normalized spacial score (nSPS) is 55.8. The van der Waals surface area contributed by atoms with E-state index < -0.39 is 16.6 Å². The van der Waals surface area contributed by atoms with Crippen LogP contribution >= 0.6 is 0 Å². The molecule has 4 aliphatic carbocycles. The molecular weight excluding hydrogens is 356 g/mol. The van der Waals surface area contributed by atoms with Crippen LogP contribution in [-0.4, -0.2) is 45.2 Å². The van der Waals surface area contributed by atoms with Crippen LogP contribution in [0.4, 0.5) is 0 Å². The minimum absolute atomic E-state index is 0.146. The van der Waals surface area contributed by atoms with Crippen molar-refractivity contribution in [3.05, 3.63) is 11.6 Å². The first-order valence-corrected chi connectivity index (χ1v) is 11.1. The van der Waals surface area contributed by atoms with E-state index in [0.717, 1.165) is 44.9 Å². The van der Waals surface area contributed by atoms with Crippen molar-refractivity contribution < 1.29 is 24.9 Å². The number of carbonyl (C=O) groups is 1. The van der Waals surface area contributed by atoms with Crippen molar-refractivity contribution in [2.45, 2.75) is 88.9 Å². The average Bonchev–Trinajstić information content (AvgIpc) is 3.18. The Balaban J connectivity index is 1.51. The first kappa shape index (κ1) is 19.1. The molecule has 156 valence electrons. The summed E-state index contributed by atoms with van der Waals surface area (Å²) in [6, 6.07) is 0. The van der Waals surface area contributed by atoms with Crippen molar-refractivity contribution in [2.24, 2.45) is 28.6 Å². The highest BCUT2D eigenvalue weighted by atomic mass is 16.5. The molecule has 0 saturated heterocycles. The Morgan fingerprint density at radius 3 is 2.50 bits per heavy atom. The number of rotatable bonds is 1. The van der Waals surface area contributed by atoms with Gasteiger partial charge in [-0.15, -0.1) is 0 Å². The molecule has 0 amide bonds. The molecule has 0 spiro atoms. The van der Waals surface area contributed by atoms with Gasteiger partial charge in [0, 0.05) is 17.1 Å². The first-order valence-electron chi connectivity index (χ1n) is 11.1. The molecule has 5 rings (SSSR count). The fraction of sp³-hybridized carbons (Fsp3) is 0.870. The van der Waals surface area contributed by atoms with Gasteiger partial charge in [-0.25, -0.2) is 4.79 Å². The van der Waals surface area contributed by atoms with Gasteiger partial charge in [-0.1, -0.05) is 13.8 Å². The summed E-state index contributed by atoms with van der Waals surface area (Å²) in [6.07, 6.45) is 8.91. The van der Waals surface area contributed by atoms with Crippen LogP contribution in [0.25, 0.3) is 0 Å². The lowest BCUT2D eigenvalue weighted by Crippen LogP contribution is -2.65. The number of cyclic esters (lactones) is 1. The van der Waals surface area contributed by atoms with E-state index in [0.29, 0.717) is 30.3 Å². The van der Waals surface area contributed by atoms with Crippen LogP contribution in [0.2, 0.25) is 0 Å². The van der Waals surface area contributed by atoms with E-state index in [1.54, 1.807) is 0 Å². The molecule has 0 aromatic heterocycles. The molecule has 8 atom stereocenters. The number of fused-ring (bicyclic) bond motifs is 5. The van der Waals surface area contributed by atoms with Gasteiger partial charge in [0.2, 0.25) is 0 Å². The largest absolute Gasteiger partial charge is 0.458 e. The summed E-state index contributed by atoms with van der Waals surface area (Å²) >= 11 is 0. The smallest absolute Gasteiger partial charge is 0.331 e. The van der Waals surface area contributed by atoms with Gasteiger partial charge in [0.05, 0.1) is 17.3 Å². The van der Waals surface area contributed by atoms with Crippen molar-refractivity contribution in [1.29, 1.82) is 0 Å². The zero-order valence-corrected chi connectivity index (χ0v) is 17.1. The van der Waals surface area contributed by atoms with Gasteiger partial charge in [-0.3, -0.25) is 0 Å². The summed E-state index contributed by atoms with van der Waals surface area (Å²) < 4.78 is 5.11. The monoisotopic (exact) mass is 390 g/mol. The number of esters is 1. The lowest BCUT2D eigenvalue weighted by Gasteiger charge is -2.64. The van der Waals surface area contributed by atoms with Gasteiger partial charge in [0.25, 0.3) is 0 Å². The minimum Gasteiger partial charge on any atom is -0.458 e. The number of hydrogen-bond donors (Lipinski definition) is 3. The zero-order chi connectivity index (χ0) is 19.9. The van der Waals surface area contributed by atoms with Gasteiger partial charge in [0.1, 0.15) is 6.61 Å². The molecule has 5 heteroatoms. The van der Waals surface area contributed by atoms with Crippen molar-refractivity contribution in [1.82, 2.24) is 0 Å². The molecule has 5 nitrogen and oxygen atoms in total. The third-order valence-corrected chi connectivity index (χ3v) is 10.2. The van der Waals surface area contributed by atoms with E-state index in [-0.39, 0.29) is 30.0 Å². The Morgan fingerprint density at radius 2 is 1.79 bits per heavy atom. The summed E-state index contributed by atoms with van der Waals surface area (Å²) in [6.45, 7) is 4.57. The Labute approximate surface area is 167 Å². The number of aliphatic hydroxyl groups excluding tert-OH is 1. The van der Waals surface area contributed by atoms with Gasteiger partial charge < -0.3 is 20.1 Å². The Hall–Kier alpha value is -0.910. The second-order valence-corrected chi connectivity index (χ2v) is 10.9. The topological polar surface area (TPSA) is 87.0 Å². The molecule has 0 aromatic carbocycles. The second kappa shape index (κ2) is 5.83. The highest BCUT2D eigenvalue weighted by Crippen LogP contribution is 2.70. The maximum absolute atomic E-state index is 12.1. The van der Waals surface area contributed by atoms with Crippen molar-refractivity contribution >= 4 is 5.97 Å². The molecule has 0 bridgehead atoms. The predicted molar refractivity (Wildman–Crippen MR) is 103 cm³/mol. The average molecular weight is 391 g/mol. The molecule has 0 radical (unpaired) electrons. The van der Waals surface area contributed by atoms with E-state index in [9.17, 15) is 20.1 Å². The van der Waals surface area contributed by atoms with Crippen LogP contribution in [-0.2, 0) is 9.53 Å². The molecular formula is C23H34O5. The van der Waals surface area contributed by atoms with Gasteiger partial charge >= 0.3 is 5.97 Å². The van der Waals surface area contributed by atoms with Crippen molar-refractivity contribution in [2.75, 3.05) is 6.61 Å². The fourth-order valence-electron chi connectivity index (χ4n) is 8.35. The molecule has 1 aliphatic heterocycles. The van der Waals surface area contributed by atoms with Crippen LogP contribution in [0.15, 0.2) is 11.6 Å². The third-order valence-electron chi connectivity index (χ3n) is 10.2. The van der Waals surface area contributed by atoms with E-state index >= 15 is 0 Å². The lowest BCUT2D eigenvalue weighted by molar-refractivity contribution is -0.229. The third kappa shape index (κ3) is 2.16. The highest BCUT2D eigenvalue weighted by Gasteiger charge is 2.72. The second-order valence-electron chi connectivity index (χ2n) is 10.9. The maximum Gasteiger partial charge on any atom is 0.331 e. The molecule has 8 unspecified atom stereocenters. The quantitative estimate of drug-likeness (QED) is 0.599. The van der Waals surface area contributed by atoms with E-state index in [1.807, 2.05) is 6.92 Å². The summed E-state index contributed by atoms with van der Waals surface area (Å²) in [7, 11) is 0. The number of ether oxygens (including phenoxy) is 1. The summed E-state index contributed by atoms with van der Waals surface area (Å²) in [5.41, 5.74) is -1.92. The Morgan fingerprint density at radius 1 is 1.00 bits per heavy atom. The molecule has 4 fully saturated rings. The van der Waals surface area contributed by atoms with Gasteiger partial charge in [0.15, 0.2) is 0 Å². The molecule has 4 saturated carbocycles. The maximum atomic E-state index is 12.1. The van der Waals surface area contributed by atoms with Gasteiger partial charge in [-0.05, 0) is 81.0 Å². The molecule has 3 N–H and O–H groups in total. The number of hydrogen-bond acceptors (Lipinski definition) is 5. The van der Waals surface area contributed by atoms with Crippen LogP contribution in [0, 0.1) is 28.6 Å². The minimum atomic E-state index is -1.17. The van der Waals surface area contributed by atoms with E-state index in [1.165, 1.54) is 6.08 Å². The van der Waals surface area contributed by atoms with Crippen LogP contribution in [0.3, 0.4) is 0 Å². The number of carbonyl (C=O) groups excluding carboxylic acids is 1.